The number of nitriles is 2. The monoisotopic (exact) mass is 1020 g/mol. The number of aromatic nitrogens is 8. The molecule has 0 saturated carbocycles. The minimum Gasteiger partial charge on any atom is -0.444 e. The van der Waals surface area contributed by atoms with Crippen LogP contribution < -0.4 is 0 Å². The van der Waals surface area contributed by atoms with Crippen LogP contribution in [0.1, 0.15) is 54.4 Å². The van der Waals surface area contributed by atoms with Crippen molar-refractivity contribution in [2.75, 3.05) is 39.4 Å². The second-order valence-electron chi connectivity index (χ2n) is 23.1. The summed E-state index contributed by atoms with van der Waals surface area (Å²) in [6, 6.07) is 14.8. The first-order valence-corrected chi connectivity index (χ1v) is 32.1. The lowest BCUT2D eigenvalue weighted by atomic mass is 9.87. The number of carbonyl (C=O) groups excluding carboxylic acids is 2. The van der Waals surface area contributed by atoms with Crippen LogP contribution in [0.4, 0.5) is 9.59 Å². The van der Waals surface area contributed by atoms with Crippen molar-refractivity contribution >= 4 is 50.4 Å². The van der Waals surface area contributed by atoms with Crippen LogP contribution >= 0.6 is 0 Å². The van der Waals surface area contributed by atoms with Crippen molar-refractivity contribution < 1.29 is 28.5 Å². The molecule has 8 heterocycles. The van der Waals surface area contributed by atoms with E-state index in [4.69, 9.17) is 24.2 Å². The molecule has 0 spiro atoms. The number of hydrogen-bond donors (Lipinski definition) is 1. The fourth-order valence-corrected chi connectivity index (χ4v) is 9.52. The van der Waals surface area contributed by atoms with Gasteiger partial charge in [0.25, 0.3) is 0 Å². The zero-order valence-corrected chi connectivity index (χ0v) is 46.4. The number of likely N-dealkylation sites (tertiary alicyclic amines) is 2. The molecule has 18 nitrogen and oxygen atoms in total. The van der Waals surface area contributed by atoms with Crippen LogP contribution in [-0.2, 0) is 37.9 Å². The number of pyridine rings is 2. The summed E-state index contributed by atoms with van der Waals surface area (Å²) in [4.78, 5) is 36.2. The van der Waals surface area contributed by atoms with E-state index in [1.165, 1.54) is 6.04 Å². The third-order valence-corrected chi connectivity index (χ3v) is 15.4. The summed E-state index contributed by atoms with van der Waals surface area (Å²) >= 11 is 0. The highest BCUT2D eigenvalue weighted by Crippen LogP contribution is 2.36. The zero-order chi connectivity index (χ0) is 52.5. The van der Waals surface area contributed by atoms with Gasteiger partial charge in [-0.2, -0.15) is 20.7 Å². The normalized spacial score (nSPS) is 14.8. The molecule has 0 radical (unpaired) electrons. The van der Waals surface area contributed by atoms with Crippen molar-refractivity contribution in [2.24, 2.45) is 5.92 Å². The van der Waals surface area contributed by atoms with Crippen LogP contribution in [0.3, 0.4) is 0 Å². The summed E-state index contributed by atoms with van der Waals surface area (Å²) in [7, 11) is -2.17. The van der Waals surface area contributed by atoms with Crippen molar-refractivity contribution in [1.82, 2.24) is 48.9 Å². The molecule has 72 heavy (non-hydrogen) atoms. The second kappa shape index (κ2) is 23.0. The van der Waals surface area contributed by atoms with Crippen molar-refractivity contribution in [1.29, 1.82) is 10.5 Å². The molecule has 2 fully saturated rings. The molecule has 6 aromatic heterocycles. The minimum atomic E-state index is -1.13. The van der Waals surface area contributed by atoms with Gasteiger partial charge in [-0.25, -0.2) is 19.6 Å². The summed E-state index contributed by atoms with van der Waals surface area (Å²) < 4.78 is 28.3. The van der Waals surface area contributed by atoms with Gasteiger partial charge in [-0.15, -0.1) is 0 Å². The van der Waals surface area contributed by atoms with Crippen LogP contribution in [0.2, 0.25) is 51.4 Å². The lowest BCUT2D eigenvalue weighted by Crippen LogP contribution is -2.64. The Kier molecular flexibility index (Phi) is 17.6. The Morgan fingerprint density at radius 1 is 0.736 bits per heavy atom. The number of rotatable bonds is 15. The summed E-state index contributed by atoms with van der Waals surface area (Å²) in [6.45, 7) is 29.8. The van der Waals surface area contributed by atoms with Gasteiger partial charge in [0.15, 0.2) is 0 Å². The molecule has 0 bridgehead atoms. The molecule has 0 atom stereocenters. The molecule has 2 saturated heterocycles. The Bertz CT molecular complexity index is 2820. The van der Waals surface area contributed by atoms with Crippen LogP contribution in [0.15, 0.2) is 73.8 Å². The Morgan fingerprint density at radius 3 is 1.71 bits per heavy atom. The van der Waals surface area contributed by atoms with Crippen molar-refractivity contribution in [3.63, 3.8) is 0 Å². The Balaban J connectivity index is 0.000000199. The van der Waals surface area contributed by atoms with Gasteiger partial charge in [0, 0.05) is 114 Å². The summed E-state index contributed by atoms with van der Waals surface area (Å²) in [5, 5.41) is 31.6. The second-order valence-corrected chi connectivity index (χ2v) is 34.4. The van der Waals surface area contributed by atoms with Gasteiger partial charge >= 0.3 is 12.2 Å². The molecule has 2 amide bonds. The topological polar surface area (TPSA) is 207 Å². The van der Waals surface area contributed by atoms with E-state index >= 15 is 0 Å². The van der Waals surface area contributed by atoms with E-state index < -0.39 is 32.9 Å². The number of fused-ring (bicyclic) bond motifs is 2. The fourth-order valence-electron chi connectivity index (χ4n) is 8.00. The van der Waals surface area contributed by atoms with Crippen molar-refractivity contribution in [3.05, 3.63) is 73.8 Å². The summed E-state index contributed by atoms with van der Waals surface area (Å²) in [5.41, 5.74) is 4.42. The lowest BCUT2D eigenvalue weighted by molar-refractivity contribution is -0.0314. The Labute approximate surface area is 426 Å². The minimum absolute atomic E-state index is 0.254. The van der Waals surface area contributed by atoms with Gasteiger partial charge in [-0.1, -0.05) is 39.3 Å². The van der Waals surface area contributed by atoms with E-state index in [-0.39, 0.29) is 18.6 Å². The average molecular weight is 1020 g/mol. The highest BCUT2D eigenvalue weighted by molar-refractivity contribution is 6.76. The van der Waals surface area contributed by atoms with E-state index in [9.17, 15) is 14.9 Å². The molecule has 0 aliphatic carbocycles. The smallest absolute Gasteiger partial charge is 0.410 e. The molecule has 20 heteroatoms. The molecule has 2 aliphatic heterocycles. The fraction of sp³-hybridized carbons (Fsp3) is 0.538. The van der Waals surface area contributed by atoms with Gasteiger partial charge in [-0.05, 0) is 89.0 Å². The molecule has 0 unspecified atom stereocenters. The highest BCUT2D eigenvalue weighted by atomic mass is 28.3. The number of nitrogens with zero attached hydrogens (tertiary/aromatic N) is 11. The maximum Gasteiger partial charge on any atom is 0.410 e. The molecule has 2 aliphatic rings. The Hall–Kier alpha value is -6.33. The standard InChI is InChI=1S/C26H36N6O3Si.C16H22N4OSi.C10H16N2O2/c1-25(2,3)35-24(33)31-17-26(18-31,9-10-27)32-16-20(15-29-32)21-7-11-28-23-22(21)8-12-30(23)19-34-13-14-36(4,5)6;1-22(2,3)9-8-21-12-20-7-5-15-14(4-6-17-16(15)20)13-10-18-19-11-13;1-10(2,3)14-9(13)12-6-8(7-12)4-5-11/h7-8,11-12,15-16H,9,13-14,17-19H2,1-6H3;4-7,10-11H,8-9,12H2,1-3H3,(H,18,19);8H,4,6-7H2,1-3H3. The number of aromatic amines is 1. The molecule has 1 N–H and O–H groups in total. The predicted molar refractivity (Wildman–Crippen MR) is 284 cm³/mol. The van der Waals surface area contributed by atoms with Gasteiger partial charge < -0.3 is 37.9 Å². The number of amides is 2. The van der Waals surface area contributed by atoms with E-state index in [2.05, 4.69) is 93.4 Å². The van der Waals surface area contributed by atoms with E-state index in [0.717, 1.165) is 63.6 Å². The maximum atomic E-state index is 12.5. The van der Waals surface area contributed by atoms with Gasteiger partial charge in [0.05, 0.1) is 44.0 Å². The van der Waals surface area contributed by atoms with Crippen LogP contribution in [0.5, 0.6) is 0 Å². The van der Waals surface area contributed by atoms with E-state index in [1.54, 1.807) is 16.0 Å². The third-order valence-electron chi connectivity index (χ3n) is 12.0. The molecular formula is C52H74N12O6Si2. The van der Waals surface area contributed by atoms with Gasteiger partial charge in [-0.3, -0.25) is 9.78 Å². The summed E-state index contributed by atoms with van der Waals surface area (Å²) in [5.74, 6) is 0.340. The van der Waals surface area contributed by atoms with Crippen molar-refractivity contribution in [3.8, 4) is 34.4 Å². The average Bonchev–Trinajstić information content (AvgIpc) is 4.10. The predicted octanol–water partition coefficient (Wildman–Crippen LogP) is 10.6. The highest BCUT2D eigenvalue weighted by Gasteiger charge is 2.49. The van der Waals surface area contributed by atoms with Gasteiger partial charge in [0.1, 0.15) is 41.5 Å². The molecule has 386 valence electrons. The number of nitrogens with one attached hydrogen (secondary N) is 1. The van der Waals surface area contributed by atoms with E-state index in [0.29, 0.717) is 52.0 Å². The number of ether oxygens (including phenoxy) is 4. The maximum absolute atomic E-state index is 12.5. The zero-order valence-electron chi connectivity index (χ0n) is 44.4. The third kappa shape index (κ3) is 15.1. The summed E-state index contributed by atoms with van der Waals surface area (Å²) in [6.07, 6.45) is 15.3. The first-order valence-electron chi connectivity index (χ1n) is 24.7. The quantitative estimate of drug-likeness (QED) is 0.0753. The molecule has 6 aromatic rings. The molecule has 8 rings (SSSR count). The molecule has 0 aromatic carbocycles. The van der Waals surface area contributed by atoms with Gasteiger partial charge in [0.2, 0.25) is 0 Å². The first-order chi connectivity index (χ1) is 33.9. The Morgan fingerprint density at radius 2 is 1.25 bits per heavy atom. The first kappa shape index (κ1) is 55.0. The number of H-pyrrole nitrogens is 1. The van der Waals surface area contributed by atoms with Crippen LogP contribution in [0.25, 0.3) is 44.3 Å². The lowest BCUT2D eigenvalue weighted by Gasteiger charge is -2.48. The SMILES string of the molecule is CC(C)(C)OC(=O)N1CC(CC#N)(n2cc(-c3ccnc4c3ccn4COCC[Si](C)(C)C)cn2)C1.CC(C)(C)OC(=O)N1CC(CC#N)C1.C[Si](C)(C)CCOCn1ccc2c(-c3cn[nH]c3)ccnc21. The largest absolute Gasteiger partial charge is 0.444 e. The number of hydrogen-bond acceptors (Lipinski definition) is 12. The molecular weight excluding hydrogens is 945 g/mol. The van der Waals surface area contributed by atoms with Crippen LogP contribution in [-0.4, -0.2) is 128 Å². The number of carbonyl (C=O) groups is 2. The van der Waals surface area contributed by atoms with Crippen molar-refractivity contribution in [2.45, 2.75) is 136 Å². The van der Waals surface area contributed by atoms with E-state index in [1.807, 2.05) is 106 Å². The van der Waals surface area contributed by atoms with Crippen LogP contribution in [0, 0.1) is 28.6 Å².